The average Bonchev–Trinajstić information content (AvgIpc) is 2.39. The van der Waals surface area contributed by atoms with Crippen LogP contribution in [0.4, 0.5) is 5.69 Å². The molecule has 0 saturated carbocycles. The summed E-state index contributed by atoms with van der Waals surface area (Å²) < 4.78 is 0. The van der Waals surface area contributed by atoms with Crippen molar-refractivity contribution >= 4 is 34.9 Å². The minimum absolute atomic E-state index is 0. The van der Waals surface area contributed by atoms with Crippen LogP contribution in [0.1, 0.15) is 12.0 Å². The van der Waals surface area contributed by atoms with Gasteiger partial charge in [0.2, 0.25) is 0 Å². The second-order valence-electron chi connectivity index (χ2n) is 4.12. The van der Waals surface area contributed by atoms with Crippen LogP contribution >= 0.6 is 23.2 Å². The van der Waals surface area contributed by atoms with Gasteiger partial charge in [-0.05, 0) is 12.1 Å². The smallest absolute Gasteiger partial charge is 0.273 e. The molecule has 6 heteroatoms. The summed E-state index contributed by atoms with van der Waals surface area (Å²) in [5.74, 6) is 0.322. The summed E-state index contributed by atoms with van der Waals surface area (Å²) in [4.78, 5) is 12.5. The zero-order chi connectivity index (χ0) is 14.1. The summed E-state index contributed by atoms with van der Waals surface area (Å²) in [6.45, 7) is 1.53. The standard InChI is InChI=1S/C14H18Cl2NO2.Co/c15-8-10-17(11-9-16)13-6-4-12(5-7-13)2-1-3-14(18)19;/h1,4-7H,2-3,8-11H2,(H,18,19);/q-1;. The molecule has 1 radical (unpaired) electrons. The fourth-order valence-corrected chi connectivity index (χ4v) is 2.19. The van der Waals surface area contributed by atoms with Crippen molar-refractivity contribution in [3.63, 3.8) is 0 Å². The van der Waals surface area contributed by atoms with Crippen molar-refractivity contribution in [3.8, 4) is 0 Å². The third-order valence-corrected chi connectivity index (χ3v) is 3.05. The minimum Gasteiger partial charge on any atom is -0.483 e. The summed E-state index contributed by atoms with van der Waals surface area (Å²) in [6.07, 6.45) is 2.51. The van der Waals surface area contributed by atoms with Gasteiger partial charge in [-0.25, -0.2) is 0 Å². The number of carboxylic acid groups (broad SMARTS) is 1. The normalized spacial score (nSPS) is 9.90. The van der Waals surface area contributed by atoms with E-state index in [0.29, 0.717) is 18.2 Å². The number of benzene rings is 1. The SMILES string of the molecule is O=C(O)C[CH-]Cc1ccc(N(CCCl)CCCl)cc1.[Co]. The maximum atomic E-state index is 10.4. The minimum atomic E-state index is -0.799. The first-order valence-electron chi connectivity index (χ1n) is 6.16. The van der Waals surface area contributed by atoms with E-state index in [-0.39, 0.29) is 23.2 Å². The predicted molar refractivity (Wildman–Crippen MR) is 80.4 cm³/mol. The topological polar surface area (TPSA) is 40.5 Å². The fraction of sp³-hybridized carbons (Fsp3) is 0.429. The van der Waals surface area contributed by atoms with Crippen molar-refractivity contribution < 1.29 is 26.7 Å². The number of hydrogen-bond acceptors (Lipinski definition) is 2. The second kappa shape index (κ2) is 11.3. The monoisotopic (exact) mass is 361 g/mol. The van der Waals surface area contributed by atoms with E-state index in [1.54, 1.807) is 6.42 Å². The molecule has 0 unspecified atom stereocenters. The Morgan fingerprint density at radius 3 is 2.15 bits per heavy atom. The van der Waals surface area contributed by atoms with Crippen molar-refractivity contribution in [2.75, 3.05) is 29.7 Å². The van der Waals surface area contributed by atoms with E-state index < -0.39 is 5.97 Å². The molecular weight excluding hydrogens is 344 g/mol. The van der Waals surface area contributed by atoms with Crippen molar-refractivity contribution in [2.24, 2.45) is 0 Å². The van der Waals surface area contributed by atoms with E-state index in [4.69, 9.17) is 28.3 Å². The summed E-state index contributed by atoms with van der Waals surface area (Å²) in [7, 11) is 0. The van der Waals surface area contributed by atoms with Crippen LogP contribution in [0, 0.1) is 6.42 Å². The van der Waals surface area contributed by atoms with Crippen molar-refractivity contribution in [1.29, 1.82) is 0 Å². The van der Waals surface area contributed by atoms with Gasteiger partial charge in [-0.1, -0.05) is 24.1 Å². The van der Waals surface area contributed by atoms with Crippen LogP contribution in [0.3, 0.4) is 0 Å². The van der Waals surface area contributed by atoms with Crippen LogP contribution in [0.25, 0.3) is 0 Å². The Balaban J connectivity index is 0.00000361. The number of hydrogen-bond donors (Lipinski definition) is 1. The number of rotatable bonds is 9. The van der Waals surface area contributed by atoms with Crippen LogP contribution in [0.2, 0.25) is 0 Å². The summed E-state index contributed by atoms with van der Waals surface area (Å²) in [5, 5.41) is 8.56. The molecule has 3 nitrogen and oxygen atoms in total. The van der Waals surface area contributed by atoms with Gasteiger partial charge in [0.1, 0.15) is 0 Å². The Bertz CT molecular complexity index is 381. The van der Waals surface area contributed by atoms with Gasteiger partial charge < -0.3 is 16.4 Å². The molecule has 0 fully saturated rings. The molecule has 0 aliphatic rings. The zero-order valence-corrected chi connectivity index (χ0v) is 13.6. The van der Waals surface area contributed by atoms with Gasteiger partial charge in [-0.3, -0.25) is 4.79 Å². The van der Waals surface area contributed by atoms with Gasteiger partial charge in [0.05, 0.1) is 0 Å². The van der Waals surface area contributed by atoms with Crippen LogP contribution in [0.5, 0.6) is 0 Å². The van der Waals surface area contributed by atoms with E-state index in [2.05, 4.69) is 4.90 Å². The maximum absolute atomic E-state index is 10.4. The van der Waals surface area contributed by atoms with E-state index in [9.17, 15) is 4.79 Å². The molecule has 115 valence electrons. The summed E-state index contributed by atoms with van der Waals surface area (Å²) in [6, 6.07) is 8.04. The first-order valence-corrected chi connectivity index (χ1v) is 7.23. The van der Waals surface area contributed by atoms with Crippen molar-refractivity contribution in [3.05, 3.63) is 36.2 Å². The number of halogens is 2. The molecule has 0 atom stereocenters. The fourth-order valence-electron chi connectivity index (χ4n) is 1.78. The molecule has 0 amide bonds. The molecule has 0 bridgehead atoms. The van der Waals surface area contributed by atoms with Crippen LogP contribution in [-0.4, -0.2) is 35.9 Å². The van der Waals surface area contributed by atoms with Crippen LogP contribution in [-0.2, 0) is 28.0 Å². The van der Waals surface area contributed by atoms with Crippen LogP contribution in [0.15, 0.2) is 24.3 Å². The quantitative estimate of drug-likeness (QED) is 0.542. The van der Waals surface area contributed by atoms with Gasteiger partial charge in [-0.15, -0.1) is 23.2 Å². The van der Waals surface area contributed by atoms with E-state index in [0.717, 1.165) is 24.3 Å². The molecule has 1 aromatic carbocycles. The number of aliphatic carboxylic acids is 1. The first-order chi connectivity index (χ1) is 9.17. The zero-order valence-electron chi connectivity index (χ0n) is 11.0. The number of carbonyl (C=O) groups is 1. The van der Waals surface area contributed by atoms with E-state index in [1.165, 1.54) is 0 Å². The Morgan fingerprint density at radius 1 is 1.15 bits per heavy atom. The van der Waals surface area contributed by atoms with Gasteiger partial charge in [0.15, 0.2) is 0 Å². The largest absolute Gasteiger partial charge is 0.483 e. The van der Waals surface area contributed by atoms with Gasteiger partial charge in [-0.2, -0.15) is 6.42 Å². The molecule has 0 spiro atoms. The molecule has 0 aliphatic heterocycles. The first kappa shape index (κ1) is 19.6. The Kier molecular flexibility index (Phi) is 11.0. The van der Waals surface area contributed by atoms with Crippen LogP contribution < -0.4 is 4.90 Å². The van der Waals surface area contributed by atoms with Crippen molar-refractivity contribution in [1.82, 2.24) is 0 Å². The number of nitrogens with zero attached hydrogens (tertiary/aromatic N) is 1. The van der Waals surface area contributed by atoms with E-state index >= 15 is 0 Å². The van der Waals surface area contributed by atoms with Gasteiger partial charge >= 0.3 is 0 Å². The summed E-state index contributed by atoms with van der Waals surface area (Å²) >= 11 is 11.5. The third-order valence-electron chi connectivity index (χ3n) is 2.71. The Labute approximate surface area is 140 Å². The van der Waals surface area contributed by atoms with E-state index in [1.807, 2.05) is 24.3 Å². The number of alkyl halides is 2. The van der Waals surface area contributed by atoms with Gasteiger partial charge in [0, 0.05) is 47.3 Å². The Morgan fingerprint density at radius 2 is 1.70 bits per heavy atom. The average molecular weight is 362 g/mol. The molecule has 1 aromatic rings. The molecule has 1 N–H and O–H groups in total. The summed E-state index contributed by atoms with van der Waals surface area (Å²) in [5.41, 5.74) is 2.19. The predicted octanol–water partition coefficient (Wildman–Crippen LogP) is 3.19. The molecular formula is C14H18Cl2CoNO2-. The molecule has 0 heterocycles. The van der Waals surface area contributed by atoms with Gasteiger partial charge in [0.25, 0.3) is 5.97 Å². The van der Waals surface area contributed by atoms with Crippen molar-refractivity contribution in [2.45, 2.75) is 12.8 Å². The third kappa shape index (κ3) is 7.38. The second-order valence-corrected chi connectivity index (χ2v) is 4.88. The number of carboxylic acids is 1. The molecule has 0 aliphatic carbocycles. The Hall–Kier alpha value is -0.424. The molecule has 0 aromatic heterocycles. The number of anilines is 1. The maximum Gasteiger partial charge on any atom is 0.273 e. The molecule has 20 heavy (non-hydrogen) atoms. The molecule has 0 saturated heterocycles. The molecule has 1 rings (SSSR count).